The molecule has 6 heteroatoms. The van der Waals surface area contributed by atoms with Crippen LogP contribution in [0.5, 0.6) is 0 Å². The Balaban J connectivity index is 0.00000385. The van der Waals surface area contributed by atoms with Crippen LogP contribution in [0.25, 0.3) is 0 Å². The molecule has 2 heterocycles. The molecule has 1 N–H and O–H groups in total. The van der Waals surface area contributed by atoms with Crippen molar-refractivity contribution in [1.29, 1.82) is 0 Å². The van der Waals surface area contributed by atoms with Gasteiger partial charge in [0.1, 0.15) is 0 Å². The van der Waals surface area contributed by atoms with Gasteiger partial charge in [0.05, 0.1) is 16.7 Å². The van der Waals surface area contributed by atoms with Crippen LogP contribution in [0.2, 0.25) is 0 Å². The topological polar surface area (TPSA) is 40.5 Å². The molecule has 1 aromatic carbocycles. The molecular formula is C27H38NO2S2Y-. The van der Waals surface area contributed by atoms with Crippen LogP contribution in [0.4, 0.5) is 5.69 Å². The molecule has 3 unspecified atom stereocenters. The molecule has 179 valence electrons. The van der Waals surface area contributed by atoms with Crippen molar-refractivity contribution in [2.45, 2.75) is 89.9 Å². The Morgan fingerprint density at radius 3 is 2.39 bits per heavy atom. The predicted molar refractivity (Wildman–Crippen MR) is 138 cm³/mol. The molecule has 1 aliphatic heterocycles. The van der Waals surface area contributed by atoms with Gasteiger partial charge in [-0.15, -0.1) is 22.0 Å². The van der Waals surface area contributed by atoms with Gasteiger partial charge in [0.15, 0.2) is 0 Å². The fraction of sp³-hybridized carbons (Fsp3) is 0.593. The monoisotopic (exact) mass is 561 g/mol. The third-order valence-corrected chi connectivity index (χ3v) is 8.70. The molecular weight excluding hydrogens is 523 g/mol. The Bertz CT molecular complexity index is 846. The Morgan fingerprint density at radius 2 is 1.82 bits per heavy atom. The molecule has 3 atom stereocenters. The largest absolute Gasteiger partial charge is 0.388 e. The number of hydrogen-bond donors (Lipinski definition) is 1. The van der Waals surface area contributed by atoms with E-state index in [1.165, 1.54) is 4.88 Å². The number of hydrogen-bond acceptors (Lipinski definition) is 4. The Morgan fingerprint density at radius 1 is 1.12 bits per heavy atom. The Kier molecular flexibility index (Phi) is 11.6. The van der Waals surface area contributed by atoms with Crippen LogP contribution >= 0.6 is 23.1 Å². The number of benzene rings is 1. The van der Waals surface area contributed by atoms with Crippen molar-refractivity contribution in [1.82, 2.24) is 0 Å². The third-order valence-electron chi connectivity index (χ3n) is 6.04. The molecule has 3 nitrogen and oxygen atoms in total. The summed E-state index contributed by atoms with van der Waals surface area (Å²) in [4.78, 5) is 16.6. The second-order valence-electron chi connectivity index (χ2n) is 10.4. The van der Waals surface area contributed by atoms with Crippen molar-refractivity contribution in [3.8, 4) is 0 Å². The second-order valence-corrected chi connectivity index (χ2v) is 12.7. The number of carbonyl (C=O) groups excluding carboxylic acids is 1. The van der Waals surface area contributed by atoms with Crippen LogP contribution in [0.3, 0.4) is 0 Å². The predicted octanol–water partition coefficient (Wildman–Crippen LogP) is 7.25. The molecule has 3 rings (SSSR count). The molecule has 0 spiro atoms. The molecule has 0 aliphatic carbocycles. The first-order chi connectivity index (χ1) is 15.2. The number of rotatable bonds is 10. The molecule has 1 aromatic heterocycles. The molecule has 0 saturated carbocycles. The van der Waals surface area contributed by atoms with Gasteiger partial charge in [-0.2, -0.15) is 6.07 Å². The van der Waals surface area contributed by atoms with Crippen LogP contribution in [-0.2, 0) is 43.9 Å². The number of anilines is 1. The smallest absolute Gasteiger partial charge is 0.241 e. The number of aryl methyl sites for hydroxylation is 1. The summed E-state index contributed by atoms with van der Waals surface area (Å²) in [5, 5.41) is 14.0. The van der Waals surface area contributed by atoms with E-state index in [2.05, 4.69) is 46.1 Å². The zero-order chi connectivity index (χ0) is 23.3. The molecule has 1 amide bonds. The summed E-state index contributed by atoms with van der Waals surface area (Å²) < 4.78 is 0. The van der Waals surface area contributed by atoms with E-state index in [4.69, 9.17) is 0 Å². The zero-order valence-corrected chi connectivity index (χ0v) is 25.2. The molecule has 33 heavy (non-hydrogen) atoms. The Labute approximate surface area is 234 Å². The van der Waals surface area contributed by atoms with Crippen molar-refractivity contribution in [3.05, 3.63) is 52.2 Å². The maximum atomic E-state index is 13.3. The van der Waals surface area contributed by atoms with E-state index in [0.29, 0.717) is 11.3 Å². The summed E-state index contributed by atoms with van der Waals surface area (Å²) in [6.45, 7) is 11.0. The molecule has 1 radical (unpaired) electrons. The van der Waals surface area contributed by atoms with E-state index in [1.807, 2.05) is 47.0 Å². The summed E-state index contributed by atoms with van der Waals surface area (Å²) in [5.41, 5.74) is 2.18. The first kappa shape index (κ1) is 29.0. The maximum absolute atomic E-state index is 13.3. The Hall–Kier alpha value is -0.196. The minimum atomic E-state index is -0.447. The number of carbonyl (C=O) groups is 1. The van der Waals surface area contributed by atoms with E-state index >= 15 is 0 Å². The van der Waals surface area contributed by atoms with Gasteiger partial charge >= 0.3 is 0 Å². The van der Waals surface area contributed by atoms with Crippen molar-refractivity contribution in [2.24, 2.45) is 11.3 Å². The van der Waals surface area contributed by atoms with Crippen molar-refractivity contribution in [3.63, 3.8) is 0 Å². The van der Waals surface area contributed by atoms with E-state index in [1.54, 1.807) is 11.3 Å². The minimum Gasteiger partial charge on any atom is -0.388 e. The minimum absolute atomic E-state index is 0. The molecule has 2 aromatic rings. The van der Waals surface area contributed by atoms with Gasteiger partial charge in [-0.25, -0.2) is 6.07 Å². The zero-order valence-electron chi connectivity index (χ0n) is 20.7. The van der Waals surface area contributed by atoms with Gasteiger partial charge in [-0.1, -0.05) is 66.0 Å². The molecule has 1 aliphatic rings. The van der Waals surface area contributed by atoms with E-state index in [-0.39, 0.29) is 49.2 Å². The van der Waals surface area contributed by atoms with Crippen LogP contribution in [0.15, 0.2) is 36.4 Å². The average Bonchev–Trinajstić information content (AvgIpc) is 3.35. The number of aliphatic hydroxyl groups is 1. The number of nitrogens with zero attached hydrogens (tertiary/aromatic N) is 1. The molecule has 1 fully saturated rings. The SMILES string of the molecule is CC(C)C1SC(CCCc2cc[c-]s2)N(c2ccc(C(O)CCCC(C)(C)C)cc2)C1=O.[Y]. The van der Waals surface area contributed by atoms with Gasteiger partial charge in [0, 0.05) is 38.4 Å². The maximum Gasteiger partial charge on any atom is 0.241 e. The van der Waals surface area contributed by atoms with Gasteiger partial charge in [-0.05, 0) is 48.3 Å². The van der Waals surface area contributed by atoms with Gasteiger partial charge < -0.3 is 16.4 Å². The van der Waals surface area contributed by atoms with Crippen LogP contribution in [-0.4, -0.2) is 21.6 Å². The van der Waals surface area contributed by atoms with Crippen LogP contribution < -0.4 is 4.90 Å². The fourth-order valence-electron chi connectivity index (χ4n) is 4.21. The summed E-state index contributed by atoms with van der Waals surface area (Å²) in [5.74, 6) is 0.536. The van der Waals surface area contributed by atoms with Gasteiger partial charge in [0.2, 0.25) is 5.91 Å². The third kappa shape index (κ3) is 8.45. The summed E-state index contributed by atoms with van der Waals surface area (Å²) in [6.07, 6.45) is 5.51. The molecule has 0 bridgehead atoms. The second kappa shape index (κ2) is 13.2. The standard InChI is InChI=1S/C27H38NO2S2.Y/c1-19(2)25-26(30)28(24(32-25)12-6-9-22-10-8-18-31-22)21-15-13-20(14-16-21)23(29)11-7-17-27(3,4)5;/h8,10,13-16,19,23-25,29H,6-7,9,11-12,17H2,1-5H3;/q-1;. The summed E-state index contributed by atoms with van der Waals surface area (Å²) in [7, 11) is 0. The van der Waals surface area contributed by atoms with Crippen molar-refractivity contribution < 1.29 is 42.6 Å². The van der Waals surface area contributed by atoms with Gasteiger partial charge in [-0.3, -0.25) is 9.69 Å². The fourth-order valence-corrected chi connectivity index (χ4v) is 6.41. The number of aliphatic hydroxyl groups excluding tert-OH is 1. The molecule has 1 saturated heterocycles. The van der Waals surface area contributed by atoms with E-state index < -0.39 is 6.10 Å². The number of amides is 1. The first-order valence-corrected chi connectivity index (χ1v) is 13.6. The summed E-state index contributed by atoms with van der Waals surface area (Å²) >= 11 is 3.50. The van der Waals surface area contributed by atoms with Gasteiger partial charge in [0.25, 0.3) is 0 Å². The van der Waals surface area contributed by atoms with E-state index in [0.717, 1.165) is 49.8 Å². The van der Waals surface area contributed by atoms with Crippen molar-refractivity contribution in [2.75, 3.05) is 4.90 Å². The average molecular weight is 562 g/mol. The normalized spacial score (nSPS) is 19.7. The van der Waals surface area contributed by atoms with Crippen molar-refractivity contribution >= 4 is 34.7 Å². The quantitative estimate of drug-likeness (QED) is 0.311. The van der Waals surface area contributed by atoms with Crippen LogP contribution in [0.1, 0.15) is 83.3 Å². The number of thioether (sulfide) groups is 1. The van der Waals surface area contributed by atoms with Crippen LogP contribution in [0, 0.1) is 16.7 Å². The van der Waals surface area contributed by atoms with E-state index in [9.17, 15) is 9.90 Å². The number of thiophene rings is 1. The first-order valence-electron chi connectivity index (χ1n) is 11.9. The summed E-state index contributed by atoms with van der Waals surface area (Å²) in [6, 6.07) is 12.1.